The maximum Gasteiger partial charge on any atom is 0.220 e. The summed E-state index contributed by atoms with van der Waals surface area (Å²) < 4.78 is 11.2. The lowest BCUT2D eigenvalue weighted by Crippen LogP contribution is -2.60. The van der Waals surface area contributed by atoms with Crippen LogP contribution >= 0.6 is 0 Å². The van der Waals surface area contributed by atoms with Crippen LogP contribution in [-0.4, -0.2) is 87.5 Å². The van der Waals surface area contributed by atoms with Gasteiger partial charge in [-0.3, -0.25) is 4.79 Å². The molecule has 298 valence electrons. The lowest BCUT2D eigenvalue weighted by atomic mass is 9.99. The van der Waals surface area contributed by atoms with Crippen molar-refractivity contribution in [1.29, 1.82) is 0 Å². The maximum atomic E-state index is 12.9. The molecule has 0 radical (unpaired) electrons. The number of carbonyl (C=O) groups excluding carboxylic acids is 1. The lowest BCUT2D eigenvalue weighted by molar-refractivity contribution is -0.302. The second kappa shape index (κ2) is 33.0. The van der Waals surface area contributed by atoms with Gasteiger partial charge in [0.15, 0.2) is 6.29 Å². The second-order valence-electron chi connectivity index (χ2n) is 14.5. The van der Waals surface area contributed by atoms with Crippen LogP contribution in [0.4, 0.5) is 0 Å². The molecule has 0 aromatic rings. The van der Waals surface area contributed by atoms with E-state index in [1.54, 1.807) is 0 Å². The predicted molar refractivity (Wildman–Crippen MR) is 207 cm³/mol. The highest BCUT2D eigenvalue weighted by atomic mass is 16.7. The first-order valence-electron chi connectivity index (χ1n) is 20.7. The number of amides is 1. The summed E-state index contributed by atoms with van der Waals surface area (Å²) in [6, 6.07) is -0.727. The molecule has 0 aromatic heterocycles. The lowest BCUT2D eigenvalue weighted by Gasteiger charge is -2.40. The number of unbranched alkanes of at least 4 members (excludes halogenated alkanes) is 19. The predicted octanol–water partition coefficient (Wildman–Crippen LogP) is 7.72. The molecule has 6 N–H and O–H groups in total. The van der Waals surface area contributed by atoms with Gasteiger partial charge in [-0.1, -0.05) is 166 Å². The summed E-state index contributed by atoms with van der Waals surface area (Å²) in [6.07, 6.45) is 31.4. The molecule has 9 nitrogen and oxygen atoms in total. The molecule has 0 aromatic carbocycles. The summed E-state index contributed by atoms with van der Waals surface area (Å²) >= 11 is 0. The molecule has 0 saturated carbocycles. The minimum atomic E-state index is -1.56. The zero-order valence-electron chi connectivity index (χ0n) is 32.4. The summed E-state index contributed by atoms with van der Waals surface area (Å²) in [5, 5.41) is 54.1. The quantitative estimate of drug-likeness (QED) is 0.0298. The van der Waals surface area contributed by atoms with Gasteiger partial charge in [-0.05, 0) is 32.1 Å². The van der Waals surface area contributed by atoms with E-state index in [1.807, 2.05) is 0 Å². The van der Waals surface area contributed by atoms with Gasteiger partial charge in [-0.25, -0.2) is 0 Å². The van der Waals surface area contributed by atoms with Crippen molar-refractivity contribution in [2.75, 3.05) is 13.2 Å². The number of aliphatic hydroxyl groups is 5. The average molecular weight is 724 g/mol. The highest BCUT2D eigenvalue weighted by Gasteiger charge is 2.44. The monoisotopic (exact) mass is 724 g/mol. The van der Waals surface area contributed by atoms with Gasteiger partial charge in [0.2, 0.25) is 5.91 Å². The van der Waals surface area contributed by atoms with Gasteiger partial charge < -0.3 is 40.3 Å². The van der Waals surface area contributed by atoms with Crippen LogP contribution in [0.5, 0.6) is 0 Å². The topological polar surface area (TPSA) is 149 Å². The Hall–Kier alpha value is -1.59. The Bertz CT molecular complexity index is 894. The number of ether oxygens (including phenoxy) is 2. The highest BCUT2D eigenvalue weighted by Crippen LogP contribution is 2.23. The molecular formula is C42H77NO8. The summed E-state index contributed by atoms with van der Waals surface area (Å²) in [5.74, 6) is -0.166. The number of nitrogens with one attached hydrogen (secondary N) is 1. The molecule has 1 saturated heterocycles. The van der Waals surface area contributed by atoms with Crippen molar-refractivity contribution in [1.82, 2.24) is 5.32 Å². The van der Waals surface area contributed by atoms with Crippen LogP contribution < -0.4 is 5.32 Å². The van der Waals surface area contributed by atoms with Crippen LogP contribution in [0, 0.1) is 0 Å². The average Bonchev–Trinajstić information content (AvgIpc) is 3.13. The molecule has 1 aliphatic rings. The smallest absolute Gasteiger partial charge is 0.220 e. The van der Waals surface area contributed by atoms with Gasteiger partial charge >= 0.3 is 0 Å². The third-order valence-electron chi connectivity index (χ3n) is 9.81. The molecule has 9 heteroatoms. The first-order chi connectivity index (χ1) is 24.8. The van der Waals surface area contributed by atoms with Crippen molar-refractivity contribution in [3.63, 3.8) is 0 Å². The number of rotatable bonds is 33. The molecule has 1 aliphatic heterocycles. The Morgan fingerprint density at radius 3 is 1.75 bits per heavy atom. The number of carbonyl (C=O) groups is 1. The molecule has 1 heterocycles. The maximum absolute atomic E-state index is 12.9. The summed E-state index contributed by atoms with van der Waals surface area (Å²) in [4.78, 5) is 12.9. The van der Waals surface area contributed by atoms with Gasteiger partial charge in [-0.2, -0.15) is 0 Å². The van der Waals surface area contributed by atoms with Crippen molar-refractivity contribution >= 4 is 5.91 Å². The molecule has 0 aliphatic carbocycles. The van der Waals surface area contributed by atoms with Crippen LogP contribution in [0.3, 0.4) is 0 Å². The zero-order chi connectivity index (χ0) is 37.4. The summed E-state index contributed by atoms with van der Waals surface area (Å²) in [7, 11) is 0. The van der Waals surface area contributed by atoms with E-state index in [9.17, 15) is 30.3 Å². The van der Waals surface area contributed by atoms with E-state index in [0.29, 0.717) is 12.8 Å². The molecule has 5 unspecified atom stereocenters. The first kappa shape index (κ1) is 47.4. The van der Waals surface area contributed by atoms with Gasteiger partial charge in [0.25, 0.3) is 0 Å². The van der Waals surface area contributed by atoms with Crippen molar-refractivity contribution in [3.05, 3.63) is 36.5 Å². The Kier molecular flexibility index (Phi) is 30.7. The standard InChI is InChI=1S/C42H77NO8/c1-3-5-7-9-11-13-15-17-18-20-22-24-26-28-30-32-38(46)43-35(34-50-42-41(49)40(48)39(47)37(33-44)51-42)36(45)31-29-27-25-23-21-19-16-14-12-10-8-6-4-2/h9,11,13,15,17-18,35-37,39-42,44-45,47-49H,3-8,10,12,14,16,19-34H2,1-2H3,(H,43,46)/b11-9+,15-13+,18-17-/t35-,36+,37?,39?,40?,41?,42?/m0/s1. The molecule has 51 heavy (non-hydrogen) atoms. The van der Waals surface area contributed by atoms with E-state index < -0.39 is 49.5 Å². The van der Waals surface area contributed by atoms with Gasteiger partial charge in [0.1, 0.15) is 24.4 Å². The Morgan fingerprint density at radius 2 is 1.18 bits per heavy atom. The Labute approximate surface area is 311 Å². The van der Waals surface area contributed by atoms with Crippen LogP contribution in [0.25, 0.3) is 0 Å². The first-order valence-corrected chi connectivity index (χ1v) is 20.7. The fourth-order valence-corrected chi connectivity index (χ4v) is 6.38. The van der Waals surface area contributed by atoms with Crippen molar-refractivity contribution < 1.29 is 39.8 Å². The molecule has 7 atom stereocenters. The second-order valence-corrected chi connectivity index (χ2v) is 14.5. The van der Waals surface area contributed by atoms with Gasteiger partial charge in [-0.15, -0.1) is 0 Å². The zero-order valence-corrected chi connectivity index (χ0v) is 32.4. The Morgan fingerprint density at radius 1 is 0.667 bits per heavy atom. The van der Waals surface area contributed by atoms with Gasteiger partial charge in [0.05, 0.1) is 25.4 Å². The van der Waals surface area contributed by atoms with Crippen LogP contribution in [0.1, 0.15) is 168 Å². The largest absolute Gasteiger partial charge is 0.394 e. The van der Waals surface area contributed by atoms with Crippen LogP contribution in [0.15, 0.2) is 36.5 Å². The van der Waals surface area contributed by atoms with E-state index in [2.05, 4.69) is 55.6 Å². The number of allylic oxidation sites excluding steroid dienone is 6. The molecule has 1 fully saturated rings. The molecule has 0 bridgehead atoms. The van der Waals surface area contributed by atoms with E-state index in [4.69, 9.17) is 9.47 Å². The fourth-order valence-electron chi connectivity index (χ4n) is 6.38. The summed E-state index contributed by atoms with van der Waals surface area (Å²) in [5.41, 5.74) is 0. The molecule has 0 spiro atoms. The normalized spacial score (nSPS) is 22.4. The van der Waals surface area contributed by atoms with E-state index in [1.165, 1.54) is 77.0 Å². The van der Waals surface area contributed by atoms with E-state index >= 15 is 0 Å². The minimum absolute atomic E-state index is 0.147. The van der Waals surface area contributed by atoms with E-state index in [0.717, 1.165) is 64.2 Å². The minimum Gasteiger partial charge on any atom is -0.394 e. The van der Waals surface area contributed by atoms with Gasteiger partial charge in [0, 0.05) is 6.42 Å². The number of hydrogen-bond acceptors (Lipinski definition) is 8. The SMILES string of the molecule is CCCC/C=C/C=C/C=C\CCCCCCCC(=O)N[C@@H](COC1OC(CO)C(O)C(O)C1O)[C@H](O)CCCCCCCCCCCCCCC. The molecule has 1 rings (SSSR count). The summed E-state index contributed by atoms with van der Waals surface area (Å²) in [6.45, 7) is 3.74. The third-order valence-corrected chi connectivity index (χ3v) is 9.81. The van der Waals surface area contributed by atoms with Crippen LogP contribution in [0.2, 0.25) is 0 Å². The van der Waals surface area contributed by atoms with Crippen molar-refractivity contribution in [2.45, 2.75) is 211 Å². The molecule has 1 amide bonds. The molecular weight excluding hydrogens is 646 g/mol. The Balaban J connectivity index is 2.41. The third kappa shape index (κ3) is 24.4. The number of hydrogen-bond donors (Lipinski definition) is 6. The fraction of sp³-hybridized carbons (Fsp3) is 0.833. The van der Waals surface area contributed by atoms with Crippen molar-refractivity contribution in [2.24, 2.45) is 0 Å². The van der Waals surface area contributed by atoms with Crippen LogP contribution in [-0.2, 0) is 14.3 Å². The highest BCUT2D eigenvalue weighted by molar-refractivity contribution is 5.76. The van der Waals surface area contributed by atoms with Crippen molar-refractivity contribution in [3.8, 4) is 0 Å². The van der Waals surface area contributed by atoms with E-state index in [-0.39, 0.29) is 12.5 Å². The number of aliphatic hydroxyl groups excluding tert-OH is 5.